The molecule has 0 bridgehead atoms. The number of nitrogens with zero attached hydrogens (tertiary/aromatic N) is 1. The Bertz CT molecular complexity index is 701. The molecule has 0 aliphatic carbocycles. The monoisotopic (exact) mass is 345 g/mol. The minimum absolute atomic E-state index is 0.150. The fraction of sp³-hybridized carbons (Fsp3) is 0. The number of benzene rings is 1. The number of nitrogen functional groups attached to an aromatic ring is 1. The zero-order chi connectivity index (χ0) is 14.0. The Balaban J connectivity index is 2.46. The summed E-state index contributed by atoms with van der Waals surface area (Å²) in [5, 5.41) is 0. The summed E-state index contributed by atoms with van der Waals surface area (Å²) in [5.74, 6) is -0.845. The van der Waals surface area contributed by atoms with Crippen molar-refractivity contribution in [3.8, 4) is 0 Å². The van der Waals surface area contributed by atoms with Gasteiger partial charge in [0.2, 0.25) is 0 Å². The summed E-state index contributed by atoms with van der Waals surface area (Å²) in [6, 6.07) is 6.85. The fourth-order valence-corrected chi connectivity index (χ4v) is 3.16. The molecule has 3 N–H and O–H groups in total. The van der Waals surface area contributed by atoms with Crippen molar-refractivity contribution in [2.75, 3.05) is 10.5 Å². The van der Waals surface area contributed by atoms with E-state index in [1.165, 1.54) is 30.5 Å². The number of anilines is 2. The zero-order valence-electron chi connectivity index (χ0n) is 9.47. The standard InChI is InChI=1S/C11H9BrFN3O2S/c12-7-3-1-4-8(13)10(7)16-19(17,18)9-5-2-6-15-11(9)14/h1-6,16H,(H2,14,15). The average Bonchev–Trinajstić information content (AvgIpc) is 2.34. The number of nitrogens with two attached hydrogens (primary N) is 1. The molecule has 0 saturated heterocycles. The van der Waals surface area contributed by atoms with E-state index >= 15 is 0 Å². The number of pyridine rings is 1. The first-order chi connectivity index (χ1) is 8.92. The lowest BCUT2D eigenvalue weighted by Crippen LogP contribution is -2.16. The molecule has 2 aromatic rings. The summed E-state index contributed by atoms with van der Waals surface area (Å²) in [4.78, 5) is 3.48. The van der Waals surface area contributed by atoms with Crippen molar-refractivity contribution >= 4 is 37.5 Å². The normalized spacial score (nSPS) is 11.3. The zero-order valence-corrected chi connectivity index (χ0v) is 11.9. The molecule has 0 spiro atoms. The van der Waals surface area contributed by atoms with Gasteiger partial charge in [-0.05, 0) is 40.2 Å². The van der Waals surface area contributed by atoms with Crippen molar-refractivity contribution in [3.05, 3.63) is 46.8 Å². The van der Waals surface area contributed by atoms with E-state index in [1.54, 1.807) is 0 Å². The van der Waals surface area contributed by atoms with E-state index < -0.39 is 15.8 Å². The van der Waals surface area contributed by atoms with E-state index in [0.29, 0.717) is 4.47 Å². The van der Waals surface area contributed by atoms with E-state index in [2.05, 4.69) is 25.6 Å². The minimum Gasteiger partial charge on any atom is -0.383 e. The van der Waals surface area contributed by atoms with Gasteiger partial charge in [0.1, 0.15) is 16.5 Å². The Hall–Kier alpha value is -1.67. The number of hydrogen-bond acceptors (Lipinski definition) is 4. The second-order valence-corrected chi connectivity index (χ2v) is 6.09. The topological polar surface area (TPSA) is 85.1 Å². The van der Waals surface area contributed by atoms with Crippen LogP contribution in [-0.4, -0.2) is 13.4 Å². The molecule has 0 unspecified atom stereocenters. The van der Waals surface area contributed by atoms with Gasteiger partial charge in [-0.2, -0.15) is 0 Å². The van der Waals surface area contributed by atoms with Gasteiger partial charge in [-0.1, -0.05) is 6.07 Å². The number of rotatable bonds is 3. The van der Waals surface area contributed by atoms with Gasteiger partial charge in [0.15, 0.2) is 0 Å². The van der Waals surface area contributed by atoms with E-state index in [-0.39, 0.29) is 16.4 Å². The molecule has 0 aliphatic rings. The largest absolute Gasteiger partial charge is 0.383 e. The predicted molar refractivity (Wildman–Crippen MR) is 73.6 cm³/mol. The quantitative estimate of drug-likeness (QED) is 0.894. The molecule has 1 aromatic heterocycles. The second kappa shape index (κ2) is 5.14. The van der Waals surface area contributed by atoms with Gasteiger partial charge in [0.05, 0.1) is 5.69 Å². The Labute approximate surface area is 117 Å². The van der Waals surface area contributed by atoms with Crippen molar-refractivity contribution in [2.45, 2.75) is 4.90 Å². The third-order valence-electron chi connectivity index (χ3n) is 2.29. The van der Waals surface area contributed by atoms with Crippen LogP contribution in [0.1, 0.15) is 0 Å². The molecule has 8 heteroatoms. The van der Waals surface area contributed by atoms with Gasteiger partial charge in [-0.3, -0.25) is 4.72 Å². The van der Waals surface area contributed by atoms with Crippen molar-refractivity contribution in [1.82, 2.24) is 4.98 Å². The SMILES string of the molecule is Nc1ncccc1S(=O)(=O)Nc1c(F)cccc1Br. The number of aromatic nitrogens is 1. The molecule has 2 rings (SSSR count). The molecular weight excluding hydrogens is 337 g/mol. The lowest BCUT2D eigenvalue weighted by Gasteiger charge is -2.11. The van der Waals surface area contributed by atoms with Crippen molar-refractivity contribution < 1.29 is 12.8 Å². The highest BCUT2D eigenvalue weighted by Crippen LogP contribution is 2.28. The third kappa shape index (κ3) is 2.85. The van der Waals surface area contributed by atoms with E-state index in [1.807, 2.05) is 0 Å². The van der Waals surface area contributed by atoms with Crippen LogP contribution in [0.25, 0.3) is 0 Å². The van der Waals surface area contributed by atoms with Crippen molar-refractivity contribution in [1.29, 1.82) is 0 Å². The van der Waals surface area contributed by atoms with Crippen molar-refractivity contribution in [2.24, 2.45) is 0 Å². The number of hydrogen-bond donors (Lipinski definition) is 2. The maximum absolute atomic E-state index is 13.6. The van der Waals surface area contributed by atoms with Gasteiger partial charge in [0.25, 0.3) is 10.0 Å². The number of para-hydroxylation sites is 1. The van der Waals surface area contributed by atoms with E-state index in [0.717, 1.165) is 6.07 Å². The van der Waals surface area contributed by atoms with Gasteiger partial charge in [0, 0.05) is 10.7 Å². The Morgan fingerprint density at radius 2 is 2.00 bits per heavy atom. The van der Waals surface area contributed by atoms with Crippen LogP contribution in [0.5, 0.6) is 0 Å². The first-order valence-corrected chi connectivity index (χ1v) is 7.37. The maximum Gasteiger partial charge on any atom is 0.265 e. The number of sulfonamides is 1. The summed E-state index contributed by atoms with van der Waals surface area (Å²) in [6.45, 7) is 0. The summed E-state index contributed by atoms with van der Waals surface area (Å²) in [5.41, 5.74) is 5.33. The van der Waals surface area contributed by atoms with Gasteiger partial charge in [-0.25, -0.2) is 17.8 Å². The lowest BCUT2D eigenvalue weighted by molar-refractivity contribution is 0.598. The highest BCUT2D eigenvalue weighted by Gasteiger charge is 2.20. The Morgan fingerprint density at radius 1 is 1.26 bits per heavy atom. The molecule has 0 amide bonds. The first-order valence-electron chi connectivity index (χ1n) is 5.09. The number of halogens is 2. The summed E-state index contributed by atoms with van der Waals surface area (Å²) < 4.78 is 40.2. The van der Waals surface area contributed by atoms with Crippen LogP contribution in [0, 0.1) is 5.82 Å². The van der Waals surface area contributed by atoms with Crippen LogP contribution in [0.2, 0.25) is 0 Å². The molecule has 0 fully saturated rings. The highest BCUT2D eigenvalue weighted by atomic mass is 79.9. The number of nitrogens with one attached hydrogen (secondary N) is 1. The van der Waals surface area contributed by atoms with Crippen LogP contribution >= 0.6 is 15.9 Å². The van der Waals surface area contributed by atoms with Gasteiger partial charge < -0.3 is 5.73 Å². The van der Waals surface area contributed by atoms with Crippen LogP contribution in [0.15, 0.2) is 45.9 Å². The van der Waals surface area contributed by atoms with Gasteiger partial charge in [-0.15, -0.1) is 0 Å². The van der Waals surface area contributed by atoms with Gasteiger partial charge >= 0.3 is 0 Å². The molecule has 0 aliphatic heterocycles. The summed E-state index contributed by atoms with van der Waals surface area (Å²) in [6.07, 6.45) is 1.37. The molecule has 5 nitrogen and oxygen atoms in total. The molecule has 1 heterocycles. The molecule has 0 radical (unpaired) electrons. The van der Waals surface area contributed by atoms with Crippen LogP contribution in [0.4, 0.5) is 15.9 Å². The molecular formula is C11H9BrFN3O2S. The van der Waals surface area contributed by atoms with E-state index in [4.69, 9.17) is 5.73 Å². The molecule has 0 atom stereocenters. The first kappa shape index (κ1) is 13.8. The fourth-order valence-electron chi connectivity index (χ4n) is 1.41. The minimum atomic E-state index is -4.00. The molecule has 0 saturated carbocycles. The smallest absolute Gasteiger partial charge is 0.265 e. The second-order valence-electron chi connectivity index (χ2n) is 3.59. The molecule has 19 heavy (non-hydrogen) atoms. The van der Waals surface area contributed by atoms with Crippen LogP contribution in [0.3, 0.4) is 0 Å². The third-order valence-corrected chi connectivity index (χ3v) is 4.35. The average molecular weight is 346 g/mol. The predicted octanol–water partition coefficient (Wildman–Crippen LogP) is 2.37. The Kier molecular flexibility index (Phi) is 3.72. The summed E-state index contributed by atoms with van der Waals surface area (Å²) >= 11 is 3.08. The van der Waals surface area contributed by atoms with E-state index in [9.17, 15) is 12.8 Å². The lowest BCUT2D eigenvalue weighted by atomic mass is 10.3. The van der Waals surface area contributed by atoms with Crippen molar-refractivity contribution in [3.63, 3.8) is 0 Å². The summed E-state index contributed by atoms with van der Waals surface area (Å²) in [7, 11) is -4.00. The highest BCUT2D eigenvalue weighted by molar-refractivity contribution is 9.10. The Morgan fingerprint density at radius 3 is 2.63 bits per heavy atom. The molecule has 1 aromatic carbocycles. The van der Waals surface area contributed by atoms with Crippen LogP contribution in [-0.2, 0) is 10.0 Å². The maximum atomic E-state index is 13.6. The van der Waals surface area contributed by atoms with Crippen LogP contribution < -0.4 is 10.5 Å². The molecule has 100 valence electrons.